The first-order valence-electron chi connectivity index (χ1n) is 6.03. The maximum Gasteiger partial charge on any atom is 0.180 e. The van der Waals surface area contributed by atoms with Gasteiger partial charge in [-0.2, -0.15) is 0 Å². The van der Waals surface area contributed by atoms with Crippen molar-refractivity contribution in [2.24, 2.45) is 0 Å². The molecule has 0 aliphatic heterocycles. The molecule has 0 atom stereocenters. The fraction of sp³-hybridized carbons (Fsp3) is 0.357. The Kier molecular flexibility index (Phi) is 2.63. The van der Waals surface area contributed by atoms with Gasteiger partial charge in [0.1, 0.15) is 0 Å². The molecule has 1 heterocycles. The molecule has 0 unspecified atom stereocenters. The van der Waals surface area contributed by atoms with Gasteiger partial charge in [0.2, 0.25) is 0 Å². The van der Waals surface area contributed by atoms with E-state index in [2.05, 4.69) is 36.2 Å². The molecule has 2 aromatic rings. The SMILES string of the molecule is Cc1ccc(Cc2sc(N)nc2C2CC2)cc1. The number of nitrogen functional groups attached to an aromatic ring is 1. The minimum atomic E-state index is 0.684. The van der Waals surface area contributed by atoms with Crippen LogP contribution in [0, 0.1) is 6.92 Å². The van der Waals surface area contributed by atoms with Gasteiger partial charge < -0.3 is 5.73 Å². The lowest BCUT2D eigenvalue weighted by Gasteiger charge is -2.02. The quantitative estimate of drug-likeness (QED) is 0.897. The first-order valence-corrected chi connectivity index (χ1v) is 6.84. The third-order valence-corrected chi connectivity index (χ3v) is 4.09. The lowest BCUT2D eigenvalue weighted by Crippen LogP contribution is -1.91. The van der Waals surface area contributed by atoms with Crippen LogP contribution in [0.1, 0.15) is 40.5 Å². The summed E-state index contributed by atoms with van der Waals surface area (Å²) in [6.07, 6.45) is 3.54. The van der Waals surface area contributed by atoms with Crippen molar-refractivity contribution >= 4 is 16.5 Å². The number of hydrogen-bond donors (Lipinski definition) is 1. The summed E-state index contributed by atoms with van der Waals surface area (Å²) in [7, 11) is 0. The molecule has 0 bridgehead atoms. The minimum Gasteiger partial charge on any atom is -0.375 e. The smallest absolute Gasteiger partial charge is 0.180 e. The maximum absolute atomic E-state index is 5.83. The summed E-state index contributed by atoms with van der Waals surface area (Å²) < 4.78 is 0. The Bertz CT molecular complexity index is 524. The Balaban J connectivity index is 1.86. The van der Waals surface area contributed by atoms with E-state index < -0.39 is 0 Å². The number of hydrogen-bond acceptors (Lipinski definition) is 3. The van der Waals surface area contributed by atoms with Crippen LogP contribution in [0.15, 0.2) is 24.3 Å². The molecule has 3 rings (SSSR count). The van der Waals surface area contributed by atoms with Crippen molar-refractivity contribution in [1.82, 2.24) is 4.98 Å². The summed E-state index contributed by atoms with van der Waals surface area (Å²) >= 11 is 1.65. The molecule has 0 amide bonds. The third-order valence-electron chi connectivity index (χ3n) is 3.19. The van der Waals surface area contributed by atoms with Gasteiger partial charge in [-0.25, -0.2) is 4.98 Å². The molecule has 2 nitrogen and oxygen atoms in total. The van der Waals surface area contributed by atoms with Gasteiger partial charge in [0.05, 0.1) is 5.69 Å². The van der Waals surface area contributed by atoms with Crippen molar-refractivity contribution < 1.29 is 0 Å². The molecule has 1 aliphatic carbocycles. The number of thiazole rings is 1. The van der Waals surface area contributed by atoms with Crippen LogP contribution in [0.4, 0.5) is 5.13 Å². The van der Waals surface area contributed by atoms with Crippen molar-refractivity contribution in [1.29, 1.82) is 0 Å². The van der Waals surface area contributed by atoms with Gasteiger partial charge in [0.15, 0.2) is 5.13 Å². The molecule has 17 heavy (non-hydrogen) atoms. The second kappa shape index (κ2) is 4.15. The van der Waals surface area contributed by atoms with E-state index in [1.165, 1.54) is 34.5 Å². The van der Waals surface area contributed by atoms with E-state index in [0.717, 1.165) is 6.42 Å². The van der Waals surface area contributed by atoms with E-state index in [-0.39, 0.29) is 0 Å². The zero-order valence-corrected chi connectivity index (χ0v) is 10.8. The fourth-order valence-electron chi connectivity index (χ4n) is 2.08. The summed E-state index contributed by atoms with van der Waals surface area (Å²) in [5.74, 6) is 0.684. The summed E-state index contributed by atoms with van der Waals surface area (Å²) in [5.41, 5.74) is 9.74. The zero-order valence-electron chi connectivity index (χ0n) is 9.94. The first kappa shape index (κ1) is 10.8. The lowest BCUT2D eigenvalue weighted by molar-refractivity contribution is 1.01. The number of benzene rings is 1. The van der Waals surface area contributed by atoms with Crippen molar-refractivity contribution in [3.05, 3.63) is 46.0 Å². The van der Waals surface area contributed by atoms with Crippen LogP contribution in [-0.4, -0.2) is 4.98 Å². The Morgan fingerprint density at radius 3 is 2.65 bits per heavy atom. The van der Waals surface area contributed by atoms with Crippen molar-refractivity contribution in [3.63, 3.8) is 0 Å². The standard InChI is InChI=1S/C14H16N2S/c1-9-2-4-10(5-3-9)8-12-13(11-6-7-11)16-14(15)17-12/h2-5,11H,6-8H2,1H3,(H2,15,16). The topological polar surface area (TPSA) is 38.9 Å². The van der Waals surface area contributed by atoms with E-state index in [0.29, 0.717) is 11.0 Å². The summed E-state index contributed by atoms with van der Waals surface area (Å²) in [6, 6.07) is 8.72. The van der Waals surface area contributed by atoms with Gasteiger partial charge >= 0.3 is 0 Å². The average molecular weight is 244 g/mol. The first-order chi connectivity index (χ1) is 8.22. The van der Waals surface area contributed by atoms with Crippen LogP contribution in [0.3, 0.4) is 0 Å². The molecular formula is C14H16N2S. The molecule has 1 aromatic heterocycles. The summed E-state index contributed by atoms with van der Waals surface area (Å²) in [6.45, 7) is 2.12. The van der Waals surface area contributed by atoms with E-state index in [9.17, 15) is 0 Å². The highest BCUT2D eigenvalue weighted by Crippen LogP contribution is 2.43. The van der Waals surface area contributed by atoms with E-state index in [4.69, 9.17) is 5.73 Å². The van der Waals surface area contributed by atoms with Crippen LogP contribution >= 0.6 is 11.3 Å². The Labute approximate surface area is 106 Å². The molecule has 1 aromatic carbocycles. The Morgan fingerprint density at radius 2 is 2.00 bits per heavy atom. The molecule has 1 aliphatic rings. The molecule has 0 radical (unpaired) electrons. The van der Waals surface area contributed by atoms with Gasteiger partial charge in [-0.05, 0) is 25.3 Å². The number of anilines is 1. The molecule has 0 saturated heterocycles. The number of aromatic nitrogens is 1. The molecule has 0 spiro atoms. The average Bonchev–Trinajstić information content (AvgIpc) is 3.07. The highest BCUT2D eigenvalue weighted by Gasteiger charge is 2.29. The normalized spacial score (nSPS) is 15.1. The van der Waals surface area contributed by atoms with Gasteiger partial charge in [-0.1, -0.05) is 29.8 Å². The Hall–Kier alpha value is -1.35. The number of aryl methyl sites for hydroxylation is 1. The van der Waals surface area contributed by atoms with Crippen molar-refractivity contribution in [2.75, 3.05) is 5.73 Å². The Morgan fingerprint density at radius 1 is 1.29 bits per heavy atom. The van der Waals surface area contributed by atoms with Crippen LogP contribution in [0.2, 0.25) is 0 Å². The van der Waals surface area contributed by atoms with Gasteiger partial charge in [-0.3, -0.25) is 0 Å². The monoisotopic (exact) mass is 244 g/mol. The predicted molar refractivity (Wildman–Crippen MR) is 72.5 cm³/mol. The summed E-state index contributed by atoms with van der Waals surface area (Å²) in [5, 5.41) is 0.717. The molecule has 3 heteroatoms. The number of rotatable bonds is 3. The van der Waals surface area contributed by atoms with Gasteiger partial charge in [0, 0.05) is 17.2 Å². The zero-order chi connectivity index (χ0) is 11.8. The lowest BCUT2D eigenvalue weighted by atomic mass is 10.1. The molecule has 2 N–H and O–H groups in total. The van der Waals surface area contributed by atoms with Crippen molar-refractivity contribution in [2.45, 2.75) is 32.1 Å². The van der Waals surface area contributed by atoms with Crippen LogP contribution in [-0.2, 0) is 6.42 Å². The number of nitrogens with zero attached hydrogens (tertiary/aromatic N) is 1. The largest absolute Gasteiger partial charge is 0.375 e. The van der Waals surface area contributed by atoms with E-state index in [1.807, 2.05) is 0 Å². The molecule has 1 fully saturated rings. The minimum absolute atomic E-state index is 0.684. The third kappa shape index (κ3) is 2.34. The van der Waals surface area contributed by atoms with Crippen LogP contribution < -0.4 is 5.73 Å². The molecule has 88 valence electrons. The molecular weight excluding hydrogens is 228 g/mol. The second-order valence-electron chi connectivity index (χ2n) is 4.80. The van der Waals surface area contributed by atoms with Crippen molar-refractivity contribution in [3.8, 4) is 0 Å². The molecule has 1 saturated carbocycles. The van der Waals surface area contributed by atoms with Gasteiger partial charge in [-0.15, -0.1) is 11.3 Å². The number of nitrogens with two attached hydrogens (primary N) is 1. The van der Waals surface area contributed by atoms with Crippen LogP contribution in [0.5, 0.6) is 0 Å². The van der Waals surface area contributed by atoms with Crippen LogP contribution in [0.25, 0.3) is 0 Å². The predicted octanol–water partition coefficient (Wildman–Crippen LogP) is 3.50. The van der Waals surface area contributed by atoms with E-state index in [1.54, 1.807) is 11.3 Å². The van der Waals surface area contributed by atoms with Gasteiger partial charge in [0.25, 0.3) is 0 Å². The second-order valence-corrected chi connectivity index (χ2v) is 5.91. The highest BCUT2D eigenvalue weighted by atomic mass is 32.1. The highest BCUT2D eigenvalue weighted by molar-refractivity contribution is 7.15. The van der Waals surface area contributed by atoms with E-state index >= 15 is 0 Å². The fourth-order valence-corrected chi connectivity index (χ4v) is 3.03. The summed E-state index contributed by atoms with van der Waals surface area (Å²) in [4.78, 5) is 5.84. The maximum atomic E-state index is 5.83.